The Hall–Kier alpha value is -4.13. The number of aromatic hydroxyl groups is 1. The van der Waals surface area contributed by atoms with Crippen molar-refractivity contribution in [2.45, 2.75) is 76.4 Å². The van der Waals surface area contributed by atoms with Crippen LogP contribution >= 0.6 is 0 Å². The zero-order valence-electron chi connectivity index (χ0n) is 24.3. The third-order valence-electron chi connectivity index (χ3n) is 8.64. The van der Waals surface area contributed by atoms with E-state index in [4.69, 9.17) is 0 Å². The Kier molecular flexibility index (Phi) is 9.57. The third-order valence-corrected chi connectivity index (χ3v) is 8.64. The van der Waals surface area contributed by atoms with E-state index in [9.17, 15) is 19.5 Å². The van der Waals surface area contributed by atoms with Gasteiger partial charge in [-0.25, -0.2) is 0 Å². The summed E-state index contributed by atoms with van der Waals surface area (Å²) in [6.07, 6.45) is 7.01. The summed E-state index contributed by atoms with van der Waals surface area (Å²) < 4.78 is 0. The SMILES string of the molecule is Cc1ccc(C(C(=O)NCCc2ccc(O)cc2)N2C(=O)[C@H](Cc3ccccc3)NC(=O)[C@@H]2CC2CCCCC2)cc1. The molecule has 1 heterocycles. The molecule has 2 fully saturated rings. The minimum Gasteiger partial charge on any atom is -0.508 e. The van der Waals surface area contributed by atoms with Gasteiger partial charge in [-0.05, 0) is 54.5 Å². The van der Waals surface area contributed by atoms with Crippen molar-refractivity contribution in [3.8, 4) is 5.75 Å². The first-order chi connectivity index (χ1) is 20.4. The summed E-state index contributed by atoms with van der Waals surface area (Å²) in [5.41, 5.74) is 3.67. The van der Waals surface area contributed by atoms with Gasteiger partial charge in [-0.15, -0.1) is 0 Å². The zero-order valence-corrected chi connectivity index (χ0v) is 24.3. The first-order valence-corrected chi connectivity index (χ1v) is 15.2. The largest absolute Gasteiger partial charge is 0.508 e. The normalized spacial score (nSPS) is 20.2. The molecule has 2 aliphatic rings. The van der Waals surface area contributed by atoms with Crippen LogP contribution < -0.4 is 10.6 Å². The van der Waals surface area contributed by atoms with Crippen molar-refractivity contribution >= 4 is 17.7 Å². The number of nitrogens with one attached hydrogen (secondary N) is 2. The van der Waals surface area contributed by atoms with Crippen LogP contribution in [0.5, 0.6) is 5.75 Å². The highest BCUT2D eigenvalue weighted by molar-refractivity contribution is 6.00. The molecule has 0 aromatic heterocycles. The van der Waals surface area contributed by atoms with Gasteiger partial charge in [0.05, 0.1) is 0 Å². The average molecular weight is 568 g/mol. The number of piperazine rings is 1. The molecule has 0 radical (unpaired) electrons. The van der Waals surface area contributed by atoms with Crippen molar-refractivity contribution in [1.82, 2.24) is 15.5 Å². The lowest BCUT2D eigenvalue weighted by atomic mass is 9.82. The molecular formula is C35H41N3O4. The maximum Gasteiger partial charge on any atom is 0.247 e. The van der Waals surface area contributed by atoms with Gasteiger partial charge in [0.15, 0.2) is 0 Å². The second-order valence-corrected chi connectivity index (χ2v) is 11.8. The van der Waals surface area contributed by atoms with Crippen molar-refractivity contribution < 1.29 is 19.5 Å². The molecule has 3 atom stereocenters. The lowest BCUT2D eigenvalue weighted by molar-refractivity contribution is -0.156. The summed E-state index contributed by atoms with van der Waals surface area (Å²) in [4.78, 5) is 43.8. The highest BCUT2D eigenvalue weighted by Crippen LogP contribution is 2.34. The van der Waals surface area contributed by atoms with E-state index in [1.807, 2.05) is 73.7 Å². The van der Waals surface area contributed by atoms with Crippen molar-refractivity contribution in [2.75, 3.05) is 6.54 Å². The molecule has 1 saturated carbocycles. The number of hydrogen-bond acceptors (Lipinski definition) is 4. The van der Waals surface area contributed by atoms with Crippen LogP contribution in [0.1, 0.15) is 66.8 Å². The number of carbonyl (C=O) groups is 3. The molecule has 1 aliphatic carbocycles. The molecule has 3 N–H and O–H groups in total. The molecule has 3 amide bonds. The highest BCUT2D eigenvalue weighted by Gasteiger charge is 2.47. The standard InChI is InChI=1S/C35H41N3O4/c1-24-12-16-28(17-13-24)32(34(41)36-21-20-25-14-18-29(39)19-15-25)38-31(23-27-10-6-3-7-11-27)33(40)37-30(35(38)42)22-26-8-4-2-5-9-26/h2,4-5,8-9,12-19,27,30-32,39H,3,6-7,10-11,20-23H2,1H3,(H,36,41)(H,37,40)/t30-,31-,32?/m0/s1. The van der Waals surface area contributed by atoms with Crippen LogP contribution in [0, 0.1) is 12.8 Å². The molecule has 0 bridgehead atoms. The second kappa shape index (κ2) is 13.7. The number of aryl methyl sites for hydroxylation is 1. The predicted molar refractivity (Wildman–Crippen MR) is 163 cm³/mol. The molecule has 220 valence electrons. The summed E-state index contributed by atoms with van der Waals surface area (Å²) >= 11 is 0. The number of phenolic OH excluding ortho intramolecular Hbond substituents is 1. The summed E-state index contributed by atoms with van der Waals surface area (Å²) in [6.45, 7) is 2.35. The summed E-state index contributed by atoms with van der Waals surface area (Å²) in [5, 5.41) is 15.7. The molecule has 3 aromatic rings. The number of hydrogen-bond donors (Lipinski definition) is 3. The quantitative estimate of drug-likeness (QED) is 0.321. The van der Waals surface area contributed by atoms with Gasteiger partial charge in [0, 0.05) is 13.0 Å². The Morgan fingerprint density at radius 2 is 1.62 bits per heavy atom. The van der Waals surface area contributed by atoms with Crippen molar-refractivity contribution in [3.63, 3.8) is 0 Å². The second-order valence-electron chi connectivity index (χ2n) is 11.8. The zero-order chi connectivity index (χ0) is 29.5. The van der Waals surface area contributed by atoms with Crippen molar-refractivity contribution in [1.29, 1.82) is 0 Å². The molecule has 5 rings (SSSR count). The minimum atomic E-state index is -0.934. The summed E-state index contributed by atoms with van der Waals surface area (Å²) in [5.74, 6) is -0.175. The minimum absolute atomic E-state index is 0.185. The molecule has 7 heteroatoms. The van der Waals surface area contributed by atoms with Crippen LogP contribution in [0.15, 0.2) is 78.9 Å². The van der Waals surface area contributed by atoms with Gasteiger partial charge in [-0.2, -0.15) is 0 Å². The van der Waals surface area contributed by atoms with Crippen molar-refractivity contribution in [2.24, 2.45) is 5.92 Å². The van der Waals surface area contributed by atoms with Crippen LogP contribution in [-0.4, -0.2) is 46.4 Å². The van der Waals surface area contributed by atoms with E-state index in [0.717, 1.165) is 42.4 Å². The van der Waals surface area contributed by atoms with E-state index in [2.05, 4.69) is 10.6 Å². The molecule has 42 heavy (non-hydrogen) atoms. The van der Waals surface area contributed by atoms with E-state index < -0.39 is 18.1 Å². The van der Waals surface area contributed by atoms with Gasteiger partial charge >= 0.3 is 0 Å². The van der Waals surface area contributed by atoms with Gasteiger partial charge in [0.1, 0.15) is 23.9 Å². The number of benzene rings is 3. The van der Waals surface area contributed by atoms with Crippen molar-refractivity contribution in [3.05, 3.63) is 101 Å². The highest BCUT2D eigenvalue weighted by atomic mass is 16.3. The fraction of sp³-hybridized carbons (Fsp3) is 0.400. The van der Waals surface area contributed by atoms with Crippen LogP contribution in [-0.2, 0) is 27.2 Å². The van der Waals surface area contributed by atoms with Crippen LogP contribution in [0.25, 0.3) is 0 Å². The molecule has 1 saturated heterocycles. The lowest BCUT2D eigenvalue weighted by Crippen LogP contribution is -2.66. The summed E-state index contributed by atoms with van der Waals surface area (Å²) in [7, 11) is 0. The van der Waals surface area contributed by atoms with Gasteiger partial charge in [0.25, 0.3) is 0 Å². The number of phenols is 1. The smallest absolute Gasteiger partial charge is 0.247 e. The van der Waals surface area contributed by atoms with E-state index in [-0.39, 0.29) is 23.5 Å². The average Bonchev–Trinajstić information content (AvgIpc) is 3.00. The first-order valence-electron chi connectivity index (χ1n) is 15.2. The molecule has 0 spiro atoms. The van der Waals surface area contributed by atoms with Gasteiger partial charge in [-0.1, -0.05) is 104 Å². The van der Waals surface area contributed by atoms with Gasteiger partial charge in [0.2, 0.25) is 17.7 Å². The van der Waals surface area contributed by atoms with E-state index in [0.29, 0.717) is 37.3 Å². The van der Waals surface area contributed by atoms with E-state index >= 15 is 0 Å². The molecule has 1 unspecified atom stereocenters. The van der Waals surface area contributed by atoms with Crippen LogP contribution in [0.4, 0.5) is 0 Å². The fourth-order valence-corrected chi connectivity index (χ4v) is 6.32. The fourth-order valence-electron chi connectivity index (χ4n) is 6.32. The monoisotopic (exact) mass is 567 g/mol. The number of rotatable bonds is 10. The Balaban J connectivity index is 1.45. The number of carbonyl (C=O) groups excluding carboxylic acids is 3. The van der Waals surface area contributed by atoms with E-state index in [1.165, 1.54) is 6.42 Å². The Morgan fingerprint density at radius 1 is 0.929 bits per heavy atom. The van der Waals surface area contributed by atoms with Crippen LogP contribution in [0.3, 0.4) is 0 Å². The molecule has 1 aliphatic heterocycles. The van der Waals surface area contributed by atoms with E-state index in [1.54, 1.807) is 17.0 Å². The van der Waals surface area contributed by atoms with Gasteiger partial charge in [-0.3, -0.25) is 14.4 Å². The Morgan fingerprint density at radius 3 is 2.31 bits per heavy atom. The third kappa shape index (κ3) is 7.19. The first kappa shape index (κ1) is 29.4. The Bertz CT molecular complexity index is 1350. The van der Waals surface area contributed by atoms with Crippen LogP contribution in [0.2, 0.25) is 0 Å². The number of amides is 3. The lowest BCUT2D eigenvalue weighted by Gasteiger charge is -2.44. The molecule has 3 aromatic carbocycles. The summed E-state index contributed by atoms with van der Waals surface area (Å²) in [6, 6.07) is 21.8. The number of nitrogens with zero attached hydrogens (tertiary/aromatic N) is 1. The molecular weight excluding hydrogens is 526 g/mol. The van der Waals surface area contributed by atoms with Gasteiger partial charge < -0.3 is 20.6 Å². The Labute approximate surface area is 248 Å². The maximum absolute atomic E-state index is 14.3. The topological polar surface area (TPSA) is 98.7 Å². The molecule has 7 nitrogen and oxygen atoms in total. The maximum atomic E-state index is 14.3. The predicted octanol–water partition coefficient (Wildman–Crippen LogP) is 5.01.